The van der Waals surface area contributed by atoms with E-state index in [1.54, 1.807) is 7.11 Å². The molecule has 2 rings (SSSR count). The summed E-state index contributed by atoms with van der Waals surface area (Å²) in [4.78, 5) is 0. The Labute approximate surface area is 131 Å². The van der Waals surface area contributed by atoms with Crippen LogP contribution in [0.3, 0.4) is 0 Å². The SMILES string of the molecule is CCC(N)(Cc1ccccc1)Cc1cc(Cl)ccc1OC. The second-order valence-corrected chi connectivity index (χ2v) is 5.95. The summed E-state index contributed by atoms with van der Waals surface area (Å²) in [6.45, 7) is 2.12. The van der Waals surface area contributed by atoms with Crippen molar-refractivity contribution in [3.8, 4) is 5.75 Å². The molecule has 112 valence electrons. The number of ether oxygens (including phenoxy) is 1. The highest BCUT2D eigenvalue weighted by atomic mass is 35.5. The lowest BCUT2D eigenvalue weighted by molar-refractivity contribution is 0.378. The lowest BCUT2D eigenvalue weighted by Crippen LogP contribution is -2.43. The molecule has 0 saturated heterocycles. The van der Waals surface area contributed by atoms with Gasteiger partial charge in [-0.25, -0.2) is 0 Å². The van der Waals surface area contributed by atoms with Gasteiger partial charge in [0.1, 0.15) is 5.75 Å². The van der Waals surface area contributed by atoms with Crippen LogP contribution in [0.15, 0.2) is 48.5 Å². The van der Waals surface area contributed by atoms with Crippen molar-refractivity contribution >= 4 is 11.6 Å². The third-order valence-electron chi connectivity index (χ3n) is 3.89. The van der Waals surface area contributed by atoms with Gasteiger partial charge >= 0.3 is 0 Å². The number of benzene rings is 2. The molecule has 2 N–H and O–H groups in total. The molecule has 0 aliphatic heterocycles. The van der Waals surface area contributed by atoms with Crippen LogP contribution in [0.4, 0.5) is 0 Å². The van der Waals surface area contributed by atoms with E-state index in [4.69, 9.17) is 22.1 Å². The van der Waals surface area contributed by atoms with E-state index >= 15 is 0 Å². The molecule has 0 radical (unpaired) electrons. The van der Waals surface area contributed by atoms with E-state index in [0.29, 0.717) is 5.02 Å². The fourth-order valence-corrected chi connectivity index (χ4v) is 2.77. The first-order chi connectivity index (χ1) is 10.1. The summed E-state index contributed by atoms with van der Waals surface area (Å²) in [5.41, 5.74) is 8.64. The minimum absolute atomic E-state index is 0.306. The maximum Gasteiger partial charge on any atom is 0.122 e. The van der Waals surface area contributed by atoms with Crippen LogP contribution < -0.4 is 10.5 Å². The predicted octanol–water partition coefficient (Wildman–Crippen LogP) is 4.24. The first kappa shape index (κ1) is 15.9. The standard InChI is InChI=1S/C18H22ClNO/c1-3-18(20,12-14-7-5-4-6-8-14)13-15-11-16(19)9-10-17(15)21-2/h4-11H,3,12-13,20H2,1-2H3. The minimum Gasteiger partial charge on any atom is -0.496 e. The Morgan fingerprint density at radius 3 is 2.43 bits per heavy atom. The largest absolute Gasteiger partial charge is 0.496 e. The molecule has 21 heavy (non-hydrogen) atoms. The molecule has 0 aliphatic carbocycles. The Balaban J connectivity index is 2.23. The van der Waals surface area contributed by atoms with Crippen LogP contribution in [0.5, 0.6) is 5.75 Å². The van der Waals surface area contributed by atoms with Gasteiger partial charge in [-0.2, -0.15) is 0 Å². The van der Waals surface area contributed by atoms with Crippen LogP contribution in [0, 0.1) is 0 Å². The van der Waals surface area contributed by atoms with Gasteiger partial charge in [0.2, 0.25) is 0 Å². The maximum absolute atomic E-state index is 6.64. The number of nitrogens with two attached hydrogens (primary N) is 1. The summed E-state index contributed by atoms with van der Waals surface area (Å²) >= 11 is 6.11. The lowest BCUT2D eigenvalue weighted by Gasteiger charge is -2.29. The molecule has 1 atom stereocenters. The lowest BCUT2D eigenvalue weighted by atomic mass is 9.83. The molecule has 0 spiro atoms. The average Bonchev–Trinajstić information content (AvgIpc) is 2.48. The fraction of sp³-hybridized carbons (Fsp3) is 0.333. The van der Waals surface area contributed by atoms with E-state index in [2.05, 4.69) is 19.1 Å². The topological polar surface area (TPSA) is 35.2 Å². The Morgan fingerprint density at radius 1 is 1.10 bits per heavy atom. The van der Waals surface area contributed by atoms with Crippen LogP contribution in [0.25, 0.3) is 0 Å². The molecule has 2 aromatic rings. The van der Waals surface area contributed by atoms with Crippen LogP contribution in [-0.4, -0.2) is 12.6 Å². The molecule has 0 saturated carbocycles. The molecular weight excluding hydrogens is 282 g/mol. The van der Waals surface area contributed by atoms with Crippen molar-refractivity contribution in [2.45, 2.75) is 31.7 Å². The Hall–Kier alpha value is -1.51. The molecular formula is C18H22ClNO. The Bertz CT molecular complexity index is 585. The van der Waals surface area contributed by atoms with Crippen LogP contribution >= 0.6 is 11.6 Å². The van der Waals surface area contributed by atoms with Crippen molar-refractivity contribution < 1.29 is 4.74 Å². The zero-order valence-electron chi connectivity index (χ0n) is 12.6. The van der Waals surface area contributed by atoms with Gasteiger partial charge in [0.25, 0.3) is 0 Å². The quantitative estimate of drug-likeness (QED) is 0.866. The fourth-order valence-electron chi connectivity index (χ4n) is 2.58. The molecule has 0 fully saturated rings. The second kappa shape index (κ2) is 6.97. The molecule has 1 unspecified atom stereocenters. The van der Waals surface area contributed by atoms with E-state index in [9.17, 15) is 0 Å². The van der Waals surface area contributed by atoms with Gasteiger partial charge in [-0.1, -0.05) is 48.9 Å². The summed E-state index contributed by atoms with van der Waals surface area (Å²) in [7, 11) is 1.67. The molecule has 0 aliphatic rings. The number of rotatable bonds is 6. The summed E-state index contributed by atoms with van der Waals surface area (Å²) in [6, 6.07) is 16.0. The van der Waals surface area contributed by atoms with E-state index < -0.39 is 0 Å². The van der Waals surface area contributed by atoms with Gasteiger partial charge in [-0.15, -0.1) is 0 Å². The summed E-state index contributed by atoms with van der Waals surface area (Å²) in [6.07, 6.45) is 2.46. The number of hydrogen-bond acceptors (Lipinski definition) is 2. The first-order valence-electron chi connectivity index (χ1n) is 7.21. The monoisotopic (exact) mass is 303 g/mol. The van der Waals surface area contributed by atoms with E-state index in [0.717, 1.165) is 30.6 Å². The van der Waals surface area contributed by atoms with Gasteiger partial charge in [0.15, 0.2) is 0 Å². The van der Waals surface area contributed by atoms with Gasteiger partial charge in [0.05, 0.1) is 7.11 Å². The number of hydrogen-bond donors (Lipinski definition) is 1. The van der Waals surface area contributed by atoms with Crippen molar-refractivity contribution in [2.24, 2.45) is 5.73 Å². The number of methoxy groups -OCH3 is 1. The minimum atomic E-state index is -0.306. The van der Waals surface area contributed by atoms with Gasteiger partial charge in [0, 0.05) is 10.6 Å². The van der Waals surface area contributed by atoms with Gasteiger partial charge in [-0.3, -0.25) is 0 Å². The summed E-state index contributed by atoms with van der Waals surface area (Å²) in [5, 5.41) is 0.712. The highest BCUT2D eigenvalue weighted by Gasteiger charge is 2.25. The number of halogens is 1. The van der Waals surface area contributed by atoms with Crippen molar-refractivity contribution in [2.75, 3.05) is 7.11 Å². The zero-order chi connectivity index (χ0) is 15.3. The Morgan fingerprint density at radius 2 is 1.81 bits per heavy atom. The van der Waals surface area contributed by atoms with E-state index in [-0.39, 0.29) is 5.54 Å². The molecule has 0 bridgehead atoms. The molecule has 0 heterocycles. The third kappa shape index (κ3) is 4.23. The Kier molecular flexibility index (Phi) is 5.27. The molecule has 0 amide bonds. The average molecular weight is 304 g/mol. The van der Waals surface area contributed by atoms with Crippen molar-refractivity contribution in [3.05, 3.63) is 64.7 Å². The third-order valence-corrected chi connectivity index (χ3v) is 4.12. The van der Waals surface area contributed by atoms with Gasteiger partial charge < -0.3 is 10.5 Å². The van der Waals surface area contributed by atoms with E-state index in [1.807, 2.05) is 36.4 Å². The molecule has 2 nitrogen and oxygen atoms in total. The molecule has 0 aromatic heterocycles. The normalized spacial score (nSPS) is 13.7. The van der Waals surface area contributed by atoms with Crippen molar-refractivity contribution in [1.29, 1.82) is 0 Å². The van der Waals surface area contributed by atoms with Crippen LogP contribution in [0.1, 0.15) is 24.5 Å². The van der Waals surface area contributed by atoms with Crippen molar-refractivity contribution in [3.63, 3.8) is 0 Å². The first-order valence-corrected chi connectivity index (χ1v) is 7.59. The molecule has 3 heteroatoms. The van der Waals surface area contributed by atoms with Gasteiger partial charge in [-0.05, 0) is 48.6 Å². The van der Waals surface area contributed by atoms with E-state index in [1.165, 1.54) is 5.56 Å². The predicted molar refractivity (Wildman–Crippen MR) is 89.1 cm³/mol. The molecule has 2 aromatic carbocycles. The van der Waals surface area contributed by atoms with Crippen LogP contribution in [0.2, 0.25) is 5.02 Å². The highest BCUT2D eigenvalue weighted by molar-refractivity contribution is 6.30. The summed E-state index contributed by atoms with van der Waals surface area (Å²) in [5.74, 6) is 0.843. The van der Waals surface area contributed by atoms with Crippen molar-refractivity contribution in [1.82, 2.24) is 0 Å². The second-order valence-electron chi connectivity index (χ2n) is 5.51. The zero-order valence-corrected chi connectivity index (χ0v) is 13.4. The maximum atomic E-state index is 6.64. The summed E-state index contributed by atoms with van der Waals surface area (Å²) < 4.78 is 5.43. The smallest absolute Gasteiger partial charge is 0.122 e. The highest BCUT2D eigenvalue weighted by Crippen LogP contribution is 2.28. The van der Waals surface area contributed by atoms with Crippen LogP contribution in [-0.2, 0) is 12.8 Å².